The maximum atomic E-state index is 13.5. The molecular weight excluding hydrogens is 594 g/mol. The van der Waals surface area contributed by atoms with Gasteiger partial charge in [-0.25, -0.2) is 9.48 Å². The second kappa shape index (κ2) is 13.0. The van der Waals surface area contributed by atoms with E-state index >= 15 is 0 Å². The topological polar surface area (TPSA) is 79.3 Å². The number of halogens is 1. The fraction of sp³-hybridized carbons (Fsp3) is 0.395. The smallest absolute Gasteiger partial charge is 0.324 e. The van der Waals surface area contributed by atoms with Crippen LogP contribution in [-0.4, -0.2) is 38.7 Å². The Morgan fingerprint density at radius 1 is 0.913 bits per heavy atom. The largest absolute Gasteiger partial charge is 0.336 e. The fourth-order valence-corrected chi connectivity index (χ4v) is 7.12. The molecule has 3 atom stereocenters. The van der Waals surface area contributed by atoms with E-state index in [-0.39, 0.29) is 23.3 Å². The van der Waals surface area contributed by atoms with E-state index in [1.807, 2.05) is 80.6 Å². The molecule has 3 unspecified atom stereocenters. The van der Waals surface area contributed by atoms with Crippen LogP contribution in [0.1, 0.15) is 81.7 Å². The lowest BCUT2D eigenvalue weighted by Crippen LogP contribution is -2.48. The number of nitrogens with one attached hydrogen (secondary N) is 2. The Kier molecular flexibility index (Phi) is 8.97. The lowest BCUT2D eigenvalue weighted by molar-refractivity contribution is -0.137. The Balaban J connectivity index is 1.06. The van der Waals surface area contributed by atoms with Gasteiger partial charge in [-0.3, -0.25) is 10.1 Å². The summed E-state index contributed by atoms with van der Waals surface area (Å²) in [5, 5.41) is 11.5. The molecule has 46 heavy (non-hydrogen) atoms. The number of hydrogen-bond donors (Lipinski definition) is 2. The van der Waals surface area contributed by atoms with E-state index in [0.717, 1.165) is 60.3 Å². The van der Waals surface area contributed by atoms with E-state index < -0.39 is 0 Å². The van der Waals surface area contributed by atoms with E-state index in [9.17, 15) is 9.59 Å². The summed E-state index contributed by atoms with van der Waals surface area (Å²) in [5.74, 6) is 1.22. The van der Waals surface area contributed by atoms with Crippen molar-refractivity contribution in [1.82, 2.24) is 14.7 Å². The molecule has 0 radical (unpaired) electrons. The molecule has 2 saturated heterocycles. The van der Waals surface area contributed by atoms with E-state index in [0.29, 0.717) is 28.8 Å². The zero-order valence-corrected chi connectivity index (χ0v) is 28.1. The molecule has 3 heterocycles. The molecule has 2 bridgehead atoms. The second-order valence-corrected chi connectivity index (χ2v) is 14.6. The van der Waals surface area contributed by atoms with Crippen molar-refractivity contribution in [3.63, 3.8) is 0 Å². The lowest BCUT2D eigenvalue weighted by atomic mass is 9.85. The minimum Gasteiger partial charge on any atom is -0.336 e. The number of fused-ring (bicyclic) bond motifs is 2. The molecule has 3 amide bonds. The molecule has 8 heteroatoms. The Morgan fingerprint density at radius 3 is 2.15 bits per heavy atom. The highest BCUT2D eigenvalue weighted by molar-refractivity contribution is 6.30. The van der Waals surface area contributed by atoms with Crippen molar-refractivity contribution in [3.05, 3.63) is 106 Å². The predicted molar refractivity (Wildman–Crippen MR) is 186 cm³/mol. The first-order valence-corrected chi connectivity index (χ1v) is 16.7. The number of hydrogen-bond acceptors (Lipinski definition) is 3. The van der Waals surface area contributed by atoms with Gasteiger partial charge in [-0.1, -0.05) is 74.3 Å². The molecule has 7 nitrogen and oxygen atoms in total. The first-order valence-electron chi connectivity index (χ1n) is 16.4. The Hall–Kier alpha value is -4.10. The average Bonchev–Trinajstić information content (AvgIpc) is 3.56. The van der Waals surface area contributed by atoms with Crippen molar-refractivity contribution in [1.29, 1.82) is 0 Å². The third-order valence-electron chi connectivity index (χ3n) is 9.56. The van der Waals surface area contributed by atoms with Gasteiger partial charge in [0.2, 0.25) is 5.91 Å². The third kappa shape index (κ3) is 7.00. The van der Waals surface area contributed by atoms with Crippen LogP contribution in [0.25, 0.3) is 5.69 Å². The van der Waals surface area contributed by atoms with Crippen LogP contribution in [-0.2, 0) is 16.6 Å². The molecule has 1 aromatic heterocycles. The summed E-state index contributed by atoms with van der Waals surface area (Å²) in [5.41, 5.74) is 5.78. The van der Waals surface area contributed by atoms with Gasteiger partial charge in [0.15, 0.2) is 0 Å². The summed E-state index contributed by atoms with van der Waals surface area (Å²) >= 11 is 6.07. The number of amides is 3. The number of carbonyl (C=O) groups is 2. The Bertz CT molecular complexity index is 1680. The predicted octanol–water partition coefficient (Wildman–Crippen LogP) is 8.89. The number of anilines is 2. The highest BCUT2D eigenvalue weighted by Crippen LogP contribution is 2.41. The monoisotopic (exact) mass is 637 g/mol. The molecular formula is C38H44ClN5O2. The van der Waals surface area contributed by atoms with Crippen molar-refractivity contribution in [2.75, 3.05) is 10.6 Å². The number of aryl methyl sites for hydroxylation is 1. The van der Waals surface area contributed by atoms with Gasteiger partial charge in [0.25, 0.3) is 0 Å². The van der Waals surface area contributed by atoms with Crippen LogP contribution in [0.15, 0.2) is 78.9 Å². The first-order chi connectivity index (χ1) is 21.9. The number of nitrogens with zero attached hydrogens (tertiary/aromatic N) is 3. The zero-order valence-electron chi connectivity index (χ0n) is 27.4. The van der Waals surface area contributed by atoms with Gasteiger partial charge in [0, 0.05) is 34.3 Å². The molecule has 2 N–H and O–H groups in total. The Morgan fingerprint density at radius 2 is 1.54 bits per heavy atom. The summed E-state index contributed by atoms with van der Waals surface area (Å²) < 4.78 is 1.78. The quantitative estimate of drug-likeness (QED) is 0.212. The minimum absolute atomic E-state index is 0.166. The number of carbonyl (C=O) groups excluding carboxylic acids is 2. The van der Waals surface area contributed by atoms with Crippen molar-refractivity contribution in [2.24, 2.45) is 5.92 Å². The molecule has 0 saturated carbocycles. The molecule has 6 rings (SSSR count). The number of aromatic nitrogens is 2. The van der Waals surface area contributed by atoms with Gasteiger partial charge in [-0.15, -0.1) is 0 Å². The number of urea groups is 1. The van der Waals surface area contributed by atoms with Crippen LogP contribution in [0.4, 0.5) is 16.3 Å². The lowest BCUT2D eigenvalue weighted by Gasteiger charge is -2.40. The molecule has 2 aliphatic heterocycles. The molecule has 2 fully saturated rings. The van der Waals surface area contributed by atoms with Crippen molar-refractivity contribution in [2.45, 2.75) is 90.1 Å². The van der Waals surface area contributed by atoms with Crippen LogP contribution in [0.5, 0.6) is 0 Å². The maximum Gasteiger partial charge on any atom is 0.324 e. The minimum atomic E-state index is -0.317. The van der Waals surface area contributed by atoms with Gasteiger partial charge in [0.1, 0.15) is 5.82 Å². The molecule has 3 aromatic carbocycles. The maximum absolute atomic E-state index is 13.5. The zero-order chi connectivity index (χ0) is 32.6. The third-order valence-corrected chi connectivity index (χ3v) is 9.81. The fourth-order valence-electron chi connectivity index (χ4n) is 6.99. The van der Waals surface area contributed by atoms with Gasteiger partial charge in [-0.2, -0.15) is 5.10 Å². The number of rotatable bonds is 7. The molecule has 0 aliphatic carbocycles. The summed E-state index contributed by atoms with van der Waals surface area (Å²) in [6.07, 6.45) is 5.20. The van der Waals surface area contributed by atoms with Crippen molar-refractivity contribution >= 4 is 35.0 Å². The Labute approximate surface area is 277 Å². The highest BCUT2D eigenvalue weighted by atomic mass is 35.5. The van der Waals surface area contributed by atoms with E-state index in [1.165, 1.54) is 5.56 Å². The van der Waals surface area contributed by atoms with E-state index in [4.69, 9.17) is 16.7 Å². The van der Waals surface area contributed by atoms with Gasteiger partial charge in [0.05, 0.1) is 17.3 Å². The van der Waals surface area contributed by atoms with Crippen LogP contribution < -0.4 is 10.6 Å². The molecule has 0 spiro atoms. The van der Waals surface area contributed by atoms with Gasteiger partial charge >= 0.3 is 6.03 Å². The summed E-state index contributed by atoms with van der Waals surface area (Å²) in [6.45, 7) is 10.4. The van der Waals surface area contributed by atoms with Gasteiger partial charge < -0.3 is 10.2 Å². The van der Waals surface area contributed by atoms with E-state index in [2.05, 4.69) is 48.4 Å². The molecule has 240 valence electrons. The summed E-state index contributed by atoms with van der Waals surface area (Å²) in [7, 11) is 0. The standard InChI is InChI=1S/C38H44ClN5O2/c1-24-6-16-31(17-7-24)44-35(23-34(42-44)38(3,4)5)41-37(46)40-30-14-8-26(9-15-30)20-27-21-32-18-19-33(22-27)43(32)36(45)25(2)28-10-12-29(39)13-11-28/h6-17,23,25,27,32-33H,18-22H2,1-5H3,(H2,40,41,46). The molecule has 2 aliphatic rings. The number of benzene rings is 3. The normalized spacial score (nSPS) is 20.0. The first kappa shape index (κ1) is 31.9. The highest BCUT2D eigenvalue weighted by Gasteiger charge is 2.44. The van der Waals surface area contributed by atoms with Crippen LogP contribution in [0.2, 0.25) is 5.02 Å². The van der Waals surface area contributed by atoms with Crippen molar-refractivity contribution in [3.8, 4) is 5.69 Å². The molecule has 4 aromatic rings. The van der Waals surface area contributed by atoms with Crippen molar-refractivity contribution < 1.29 is 9.59 Å². The van der Waals surface area contributed by atoms with Crippen LogP contribution in [0.3, 0.4) is 0 Å². The van der Waals surface area contributed by atoms with Crippen LogP contribution in [0, 0.1) is 12.8 Å². The second-order valence-electron chi connectivity index (χ2n) is 14.1. The summed E-state index contributed by atoms with van der Waals surface area (Å²) in [4.78, 5) is 28.8. The van der Waals surface area contributed by atoms with Gasteiger partial charge in [-0.05, 0) is 99.4 Å². The number of piperidine rings is 1. The average molecular weight is 638 g/mol. The SMILES string of the molecule is Cc1ccc(-n2nc(C(C)(C)C)cc2NC(=O)Nc2ccc(CC3CC4CCC(C3)N4C(=O)C(C)c3ccc(Cl)cc3)cc2)cc1. The van der Waals surface area contributed by atoms with Crippen LogP contribution >= 0.6 is 11.6 Å². The summed E-state index contributed by atoms with van der Waals surface area (Å²) in [6, 6.07) is 26.1. The van der Waals surface area contributed by atoms with E-state index in [1.54, 1.807) is 4.68 Å².